The summed E-state index contributed by atoms with van der Waals surface area (Å²) < 4.78 is 0. The highest BCUT2D eigenvalue weighted by Crippen LogP contribution is 2.13. The largest absolute Gasteiger partial charge is 0.316 e. The molecule has 1 aliphatic heterocycles. The monoisotopic (exact) mass is 181 g/mol. The maximum Gasteiger partial charge on any atom is -0.00126 e. The van der Waals surface area contributed by atoms with E-state index in [-0.39, 0.29) is 12.4 Å². The van der Waals surface area contributed by atoms with Crippen LogP contribution in [0.1, 0.15) is 12.8 Å². The van der Waals surface area contributed by atoms with Crippen LogP contribution >= 0.6 is 24.2 Å². The summed E-state index contributed by atoms with van der Waals surface area (Å²) in [5.74, 6) is 2.29. The van der Waals surface area contributed by atoms with Crippen molar-refractivity contribution in [3.63, 3.8) is 0 Å². The SMILES string of the molecule is CSCC1CCCNC1.Cl. The number of hydrogen-bond acceptors (Lipinski definition) is 2. The minimum Gasteiger partial charge on any atom is -0.316 e. The first-order valence-electron chi connectivity index (χ1n) is 3.63. The van der Waals surface area contributed by atoms with Crippen LogP contribution in [0.3, 0.4) is 0 Å². The van der Waals surface area contributed by atoms with E-state index in [1.807, 2.05) is 11.8 Å². The first-order chi connectivity index (χ1) is 4.43. The quantitative estimate of drug-likeness (QED) is 0.697. The van der Waals surface area contributed by atoms with Crippen LogP contribution < -0.4 is 5.32 Å². The Morgan fingerprint density at radius 2 is 2.40 bits per heavy atom. The maximum absolute atomic E-state index is 3.41. The molecule has 0 aliphatic carbocycles. The van der Waals surface area contributed by atoms with Gasteiger partial charge in [-0.3, -0.25) is 0 Å². The molecule has 10 heavy (non-hydrogen) atoms. The highest BCUT2D eigenvalue weighted by Gasteiger charge is 2.10. The standard InChI is InChI=1S/C7H15NS.ClH/c1-9-6-7-3-2-4-8-5-7;/h7-8H,2-6H2,1H3;1H. The molecule has 1 saturated heterocycles. The number of hydrogen-bond donors (Lipinski definition) is 1. The van der Waals surface area contributed by atoms with Gasteiger partial charge in [-0.05, 0) is 43.9 Å². The highest BCUT2D eigenvalue weighted by atomic mass is 35.5. The topological polar surface area (TPSA) is 12.0 Å². The van der Waals surface area contributed by atoms with Gasteiger partial charge in [-0.1, -0.05) is 0 Å². The van der Waals surface area contributed by atoms with Crippen LogP contribution in [0, 0.1) is 5.92 Å². The molecule has 1 N–H and O–H groups in total. The molecule has 3 heteroatoms. The van der Waals surface area contributed by atoms with Crippen molar-refractivity contribution in [3.8, 4) is 0 Å². The van der Waals surface area contributed by atoms with Crippen LogP contribution in [0.5, 0.6) is 0 Å². The summed E-state index contributed by atoms with van der Waals surface area (Å²) in [6.07, 6.45) is 5.01. The van der Waals surface area contributed by atoms with Crippen LogP contribution in [-0.4, -0.2) is 25.1 Å². The first-order valence-corrected chi connectivity index (χ1v) is 5.02. The molecular formula is C7H16ClNS. The predicted octanol–water partition coefficient (Wildman–Crippen LogP) is 1.77. The van der Waals surface area contributed by atoms with Crippen molar-refractivity contribution < 1.29 is 0 Å². The lowest BCUT2D eigenvalue weighted by atomic mass is 10.0. The number of piperidine rings is 1. The lowest BCUT2D eigenvalue weighted by Gasteiger charge is -2.21. The van der Waals surface area contributed by atoms with Gasteiger partial charge < -0.3 is 5.32 Å². The van der Waals surface area contributed by atoms with Gasteiger partial charge in [0.25, 0.3) is 0 Å². The molecule has 0 bridgehead atoms. The van der Waals surface area contributed by atoms with Crippen LogP contribution in [0.4, 0.5) is 0 Å². The molecule has 1 nitrogen and oxygen atoms in total. The van der Waals surface area contributed by atoms with E-state index in [0.717, 1.165) is 5.92 Å². The molecule has 0 aromatic rings. The summed E-state index contributed by atoms with van der Waals surface area (Å²) in [5, 5.41) is 3.41. The van der Waals surface area contributed by atoms with Crippen LogP contribution in [-0.2, 0) is 0 Å². The molecule has 1 fully saturated rings. The normalized spacial score (nSPS) is 25.5. The summed E-state index contributed by atoms with van der Waals surface area (Å²) in [6, 6.07) is 0. The molecule has 1 aliphatic rings. The molecule has 1 heterocycles. The second-order valence-corrected chi connectivity index (χ2v) is 3.58. The Morgan fingerprint density at radius 3 is 2.90 bits per heavy atom. The minimum absolute atomic E-state index is 0. The summed E-state index contributed by atoms with van der Waals surface area (Å²) in [4.78, 5) is 0. The van der Waals surface area contributed by atoms with Gasteiger partial charge in [-0.2, -0.15) is 11.8 Å². The predicted molar refractivity (Wildman–Crippen MR) is 51.2 cm³/mol. The van der Waals surface area contributed by atoms with E-state index in [2.05, 4.69) is 11.6 Å². The van der Waals surface area contributed by atoms with Gasteiger partial charge in [0.05, 0.1) is 0 Å². The molecule has 0 saturated carbocycles. The molecule has 1 atom stereocenters. The van der Waals surface area contributed by atoms with E-state index in [0.29, 0.717) is 0 Å². The fourth-order valence-electron chi connectivity index (χ4n) is 1.30. The van der Waals surface area contributed by atoms with Crippen molar-refractivity contribution in [2.45, 2.75) is 12.8 Å². The Hall–Kier alpha value is 0.600. The summed E-state index contributed by atoms with van der Waals surface area (Å²) in [6.45, 7) is 2.49. The van der Waals surface area contributed by atoms with E-state index in [1.54, 1.807) is 0 Å². The number of nitrogens with one attached hydrogen (secondary N) is 1. The zero-order valence-electron chi connectivity index (χ0n) is 6.43. The number of rotatable bonds is 2. The molecule has 0 amide bonds. The molecule has 0 aromatic carbocycles. The van der Waals surface area contributed by atoms with Gasteiger partial charge in [-0.25, -0.2) is 0 Å². The van der Waals surface area contributed by atoms with Crippen molar-refractivity contribution >= 4 is 24.2 Å². The fraction of sp³-hybridized carbons (Fsp3) is 1.00. The third-order valence-corrected chi connectivity index (χ3v) is 2.61. The first kappa shape index (κ1) is 10.6. The molecule has 1 rings (SSSR count). The Morgan fingerprint density at radius 1 is 1.60 bits per heavy atom. The molecule has 62 valence electrons. The third kappa shape index (κ3) is 3.69. The third-order valence-electron chi connectivity index (χ3n) is 1.80. The van der Waals surface area contributed by atoms with Gasteiger partial charge >= 0.3 is 0 Å². The fourth-order valence-corrected chi connectivity index (χ4v) is 2.06. The Bertz CT molecular complexity index is 71.3. The second-order valence-electron chi connectivity index (χ2n) is 2.67. The number of halogens is 1. The van der Waals surface area contributed by atoms with E-state index < -0.39 is 0 Å². The molecule has 0 spiro atoms. The minimum atomic E-state index is 0. The zero-order chi connectivity index (χ0) is 6.53. The van der Waals surface area contributed by atoms with E-state index in [9.17, 15) is 0 Å². The van der Waals surface area contributed by atoms with Gasteiger partial charge in [0, 0.05) is 0 Å². The lowest BCUT2D eigenvalue weighted by Crippen LogP contribution is -2.30. The van der Waals surface area contributed by atoms with Gasteiger partial charge in [0.15, 0.2) is 0 Å². The van der Waals surface area contributed by atoms with E-state index >= 15 is 0 Å². The zero-order valence-corrected chi connectivity index (χ0v) is 8.06. The van der Waals surface area contributed by atoms with E-state index in [4.69, 9.17) is 0 Å². The Labute approximate surface area is 73.7 Å². The Balaban J connectivity index is 0.000000810. The average molecular weight is 182 g/mol. The van der Waals surface area contributed by atoms with Crippen molar-refractivity contribution in [1.29, 1.82) is 0 Å². The Kier molecular flexibility index (Phi) is 6.70. The maximum atomic E-state index is 3.41. The molecule has 0 aromatic heterocycles. The molecular weight excluding hydrogens is 166 g/mol. The van der Waals surface area contributed by atoms with Crippen LogP contribution in [0.15, 0.2) is 0 Å². The van der Waals surface area contributed by atoms with Crippen LogP contribution in [0.2, 0.25) is 0 Å². The van der Waals surface area contributed by atoms with E-state index in [1.165, 1.54) is 31.7 Å². The van der Waals surface area contributed by atoms with Crippen molar-refractivity contribution in [3.05, 3.63) is 0 Å². The van der Waals surface area contributed by atoms with Gasteiger partial charge in [-0.15, -0.1) is 12.4 Å². The summed E-state index contributed by atoms with van der Waals surface area (Å²) in [5.41, 5.74) is 0. The highest BCUT2D eigenvalue weighted by molar-refractivity contribution is 7.98. The van der Waals surface area contributed by atoms with Gasteiger partial charge in [0.2, 0.25) is 0 Å². The smallest absolute Gasteiger partial charge is 0.00126 e. The molecule has 1 unspecified atom stereocenters. The lowest BCUT2D eigenvalue weighted by molar-refractivity contribution is 0.410. The molecule has 0 radical (unpaired) electrons. The second kappa shape index (κ2) is 6.32. The van der Waals surface area contributed by atoms with Crippen molar-refractivity contribution in [2.24, 2.45) is 5.92 Å². The van der Waals surface area contributed by atoms with Crippen molar-refractivity contribution in [2.75, 3.05) is 25.1 Å². The van der Waals surface area contributed by atoms with Gasteiger partial charge in [0.1, 0.15) is 0 Å². The number of thioether (sulfide) groups is 1. The van der Waals surface area contributed by atoms with Crippen LogP contribution in [0.25, 0.3) is 0 Å². The van der Waals surface area contributed by atoms with Crippen molar-refractivity contribution in [1.82, 2.24) is 5.32 Å². The summed E-state index contributed by atoms with van der Waals surface area (Å²) >= 11 is 1.97. The summed E-state index contributed by atoms with van der Waals surface area (Å²) in [7, 11) is 0. The average Bonchev–Trinajstić information content (AvgIpc) is 1.91.